The van der Waals surface area contributed by atoms with Gasteiger partial charge in [-0.3, -0.25) is 5.41 Å². The van der Waals surface area contributed by atoms with Gasteiger partial charge in [-0.05, 0) is 19.1 Å². The number of halogens is 2. The van der Waals surface area contributed by atoms with Gasteiger partial charge in [0.05, 0.1) is 18.4 Å². The number of esters is 1. The number of hydrogen-bond acceptors (Lipinski definition) is 4. The van der Waals surface area contributed by atoms with E-state index in [0.717, 1.165) is 32.2 Å². The smallest absolute Gasteiger partial charge is 0.343 e. The number of allylic oxidation sites excluding steroid dienone is 1. The fourth-order valence-corrected chi connectivity index (χ4v) is 1.39. The van der Waals surface area contributed by atoms with E-state index in [1.54, 1.807) is 0 Å². The second-order valence-corrected chi connectivity index (χ2v) is 3.42. The average molecular weight is 255 g/mol. The molecule has 1 aromatic carbocycles. The molecule has 1 aromatic rings. The summed E-state index contributed by atoms with van der Waals surface area (Å²) in [6.45, 7) is 1.12. The Hall–Kier alpha value is -2.24. The first-order chi connectivity index (χ1) is 8.40. The summed E-state index contributed by atoms with van der Waals surface area (Å²) < 4.78 is 31.3. The van der Waals surface area contributed by atoms with E-state index in [0.29, 0.717) is 0 Å². The van der Waals surface area contributed by atoms with Crippen LogP contribution < -0.4 is 0 Å². The molecule has 0 heterocycles. The van der Waals surface area contributed by atoms with Crippen LogP contribution in [0, 0.1) is 17.0 Å². The molecule has 0 bridgehead atoms. The molecule has 4 nitrogen and oxygen atoms in total. The molecule has 18 heavy (non-hydrogen) atoms. The number of benzene rings is 1. The van der Waals surface area contributed by atoms with E-state index >= 15 is 0 Å². The standard InChI is InChI=1S/C12H11F2NO3/c1-6(16)9(12(17)18-2)11(15)10-7(13)4-3-5-8(10)14/h3-5,15-16H,1-2H3/b9-6+,15-11?. The molecule has 0 aliphatic carbocycles. The molecule has 2 N–H and O–H groups in total. The predicted molar refractivity (Wildman–Crippen MR) is 60.5 cm³/mol. The van der Waals surface area contributed by atoms with Crippen molar-refractivity contribution in [3.63, 3.8) is 0 Å². The lowest BCUT2D eigenvalue weighted by molar-refractivity contribution is -0.135. The highest BCUT2D eigenvalue weighted by Gasteiger charge is 2.25. The predicted octanol–water partition coefficient (Wildman–Crippen LogP) is 2.34. The number of carbonyl (C=O) groups excluding carboxylic acids is 1. The molecule has 0 aliphatic heterocycles. The number of methoxy groups -OCH3 is 1. The highest BCUT2D eigenvalue weighted by Crippen LogP contribution is 2.18. The zero-order valence-corrected chi connectivity index (χ0v) is 9.75. The molecule has 0 saturated carbocycles. The number of aliphatic hydroxyl groups is 1. The molecule has 0 amide bonds. The minimum atomic E-state index is -1.04. The van der Waals surface area contributed by atoms with Crippen LogP contribution in [0.2, 0.25) is 0 Å². The first-order valence-corrected chi connectivity index (χ1v) is 4.91. The Labute approximate surface area is 102 Å². The molecule has 0 aliphatic rings. The van der Waals surface area contributed by atoms with Gasteiger partial charge >= 0.3 is 5.97 Å². The highest BCUT2D eigenvalue weighted by atomic mass is 19.1. The lowest BCUT2D eigenvalue weighted by atomic mass is 10.0. The number of ether oxygens (including phenoxy) is 1. The largest absolute Gasteiger partial charge is 0.512 e. The van der Waals surface area contributed by atoms with Gasteiger partial charge in [0.15, 0.2) is 0 Å². The van der Waals surface area contributed by atoms with Crippen LogP contribution in [0.25, 0.3) is 0 Å². The Balaban J connectivity index is 3.38. The second-order valence-electron chi connectivity index (χ2n) is 3.42. The molecule has 0 saturated heterocycles. The minimum absolute atomic E-state index is 0.547. The second kappa shape index (κ2) is 5.39. The number of carbonyl (C=O) groups is 1. The number of aliphatic hydroxyl groups excluding tert-OH is 1. The van der Waals surface area contributed by atoms with Crippen molar-refractivity contribution in [1.29, 1.82) is 5.41 Å². The fourth-order valence-electron chi connectivity index (χ4n) is 1.39. The van der Waals surface area contributed by atoms with Crippen molar-refractivity contribution in [3.8, 4) is 0 Å². The molecule has 0 unspecified atom stereocenters. The third-order valence-electron chi connectivity index (χ3n) is 2.21. The highest BCUT2D eigenvalue weighted by molar-refractivity contribution is 6.25. The van der Waals surface area contributed by atoms with Gasteiger partial charge in [-0.25, -0.2) is 13.6 Å². The van der Waals surface area contributed by atoms with Crippen molar-refractivity contribution in [1.82, 2.24) is 0 Å². The molecular weight excluding hydrogens is 244 g/mol. The third-order valence-corrected chi connectivity index (χ3v) is 2.21. The molecular formula is C12H11F2NO3. The van der Waals surface area contributed by atoms with Gasteiger partial charge in [0, 0.05) is 0 Å². The Bertz CT molecular complexity index is 514. The van der Waals surface area contributed by atoms with E-state index in [2.05, 4.69) is 4.74 Å². The van der Waals surface area contributed by atoms with Crippen LogP contribution in [-0.2, 0) is 9.53 Å². The van der Waals surface area contributed by atoms with E-state index in [1.165, 1.54) is 0 Å². The van der Waals surface area contributed by atoms with Gasteiger partial charge in [-0.2, -0.15) is 0 Å². The minimum Gasteiger partial charge on any atom is -0.512 e. The number of rotatable bonds is 3. The third kappa shape index (κ3) is 2.53. The SMILES string of the molecule is COC(=O)/C(C(=N)c1c(F)cccc1F)=C(\C)O. The summed E-state index contributed by atoms with van der Waals surface area (Å²) in [4.78, 5) is 11.4. The zero-order chi connectivity index (χ0) is 13.9. The van der Waals surface area contributed by atoms with Gasteiger partial charge in [0.1, 0.15) is 23.0 Å². The van der Waals surface area contributed by atoms with Crippen LogP contribution in [-0.4, -0.2) is 23.9 Å². The summed E-state index contributed by atoms with van der Waals surface area (Å²) >= 11 is 0. The van der Waals surface area contributed by atoms with E-state index in [9.17, 15) is 18.7 Å². The summed E-state index contributed by atoms with van der Waals surface area (Å²) in [5.41, 5.74) is -2.04. The quantitative estimate of drug-likeness (QED) is 0.377. The Morgan fingerprint density at radius 1 is 1.33 bits per heavy atom. The van der Waals surface area contributed by atoms with Crippen molar-refractivity contribution < 1.29 is 23.4 Å². The molecule has 0 fully saturated rings. The Kier molecular flexibility index (Phi) is 4.14. The Morgan fingerprint density at radius 2 is 1.83 bits per heavy atom. The van der Waals surface area contributed by atoms with Crippen LogP contribution in [0.15, 0.2) is 29.5 Å². The molecule has 0 aromatic heterocycles. The van der Waals surface area contributed by atoms with Crippen LogP contribution >= 0.6 is 0 Å². The summed E-state index contributed by atoms with van der Waals surface area (Å²) in [5, 5.41) is 17.0. The van der Waals surface area contributed by atoms with Gasteiger partial charge in [0.2, 0.25) is 0 Å². The summed E-state index contributed by atoms with van der Waals surface area (Å²) in [5.74, 6) is -3.58. The maximum absolute atomic E-state index is 13.5. The molecule has 96 valence electrons. The molecule has 1 rings (SSSR count). The van der Waals surface area contributed by atoms with Crippen LogP contribution in [0.1, 0.15) is 12.5 Å². The van der Waals surface area contributed by atoms with Crippen molar-refractivity contribution in [2.75, 3.05) is 7.11 Å². The number of hydrogen-bond donors (Lipinski definition) is 2. The number of nitrogens with one attached hydrogen (secondary N) is 1. The van der Waals surface area contributed by atoms with Crippen molar-refractivity contribution in [3.05, 3.63) is 46.7 Å². The Morgan fingerprint density at radius 3 is 2.22 bits per heavy atom. The molecule has 0 spiro atoms. The normalized spacial score (nSPS) is 11.8. The fraction of sp³-hybridized carbons (Fsp3) is 0.167. The lowest BCUT2D eigenvalue weighted by Crippen LogP contribution is -2.19. The van der Waals surface area contributed by atoms with Gasteiger partial charge in [-0.15, -0.1) is 0 Å². The van der Waals surface area contributed by atoms with E-state index in [-0.39, 0.29) is 0 Å². The maximum Gasteiger partial charge on any atom is 0.343 e. The van der Waals surface area contributed by atoms with Crippen LogP contribution in [0.3, 0.4) is 0 Å². The van der Waals surface area contributed by atoms with Gasteiger partial charge in [0.25, 0.3) is 0 Å². The maximum atomic E-state index is 13.5. The molecule has 0 radical (unpaired) electrons. The molecule has 6 heteroatoms. The van der Waals surface area contributed by atoms with Crippen molar-refractivity contribution in [2.45, 2.75) is 6.92 Å². The lowest BCUT2D eigenvalue weighted by Gasteiger charge is -2.10. The monoisotopic (exact) mass is 255 g/mol. The summed E-state index contributed by atoms with van der Waals surface area (Å²) in [6, 6.07) is 3.04. The van der Waals surface area contributed by atoms with Crippen LogP contribution in [0.4, 0.5) is 8.78 Å². The van der Waals surface area contributed by atoms with Crippen molar-refractivity contribution >= 4 is 11.7 Å². The van der Waals surface area contributed by atoms with E-state index < -0.39 is 40.2 Å². The van der Waals surface area contributed by atoms with Crippen LogP contribution in [0.5, 0.6) is 0 Å². The first kappa shape index (κ1) is 13.8. The summed E-state index contributed by atoms with van der Waals surface area (Å²) in [7, 11) is 1.04. The van der Waals surface area contributed by atoms with E-state index in [1.807, 2.05) is 0 Å². The van der Waals surface area contributed by atoms with Gasteiger partial charge < -0.3 is 9.84 Å². The molecule has 0 atom stereocenters. The average Bonchev–Trinajstić information content (AvgIpc) is 2.28. The van der Waals surface area contributed by atoms with E-state index in [4.69, 9.17) is 5.41 Å². The van der Waals surface area contributed by atoms with Gasteiger partial charge in [-0.1, -0.05) is 6.07 Å². The zero-order valence-electron chi connectivity index (χ0n) is 9.75. The first-order valence-electron chi connectivity index (χ1n) is 4.91. The van der Waals surface area contributed by atoms with Crippen molar-refractivity contribution in [2.24, 2.45) is 0 Å². The summed E-state index contributed by atoms with van der Waals surface area (Å²) in [6.07, 6.45) is 0. The topological polar surface area (TPSA) is 70.4 Å².